The monoisotopic (exact) mass is 268 g/mol. The Bertz CT molecular complexity index is 405. The lowest BCUT2D eigenvalue weighted by atomic mass is 10.0. The second-order valence-corrected chi connectivity index (χ2v) is 4.79. The number of nitrogens with one attached hydrogen (secondary N) is 2. The largest absolute Gasteiger partial charge is 0.365 e. The van der Waals surface area contributed by atoms with Crippen molar-refractivity contribution >= 4 is 11.8 Å². The van der Waals surface area contributed by atoms with Gasteiger partial charge in [-0.15, -0.1) is 0 Å². The molecule has 1 aromatic rings. The lowest BCUT2D eigenvalue weighted by molar-refractivity contribution is 0.219. The average Bonchev–Trinajstić information content (AvgIpc) is 2.44. The van der Waals surface area contributed by atoms with Crippen molar-refractivity contribution in [3.8, 4) is 0 Å². The molecule has 1 saturated heterocycles. The fourth-order valence-electron chi connectivity index (χ4n) is 2.35. The first-order valence-corrected chi connectivity index (χ1v) is 6.71. The quantitative estimate of drug-likeness (QED) is 0.550. The molecule has 2 rings (SSSR count). The standard InChI is InChI=1S/C12H21FN6/c1-2-5-19-6-3-9(4-7-19)16-11-10(13)8-15-12(17-11)18-14/h8-9H,2-7,14H2,1H3,(H2,15,16,17,18). The number of aromatic nitrogens is 2. The molecule has 2 heterocycles. The molecular formula is C12H21FN6. The number of hydrogen-bond acceptors (Lipinski definition) is 6. The Balaban J connectivity index is 1.91. The zero-order chi connectivity index (χ0) is 13.7. The Hall–Kier alpha value is -1.47. The van der Waals surface area contributed by atoms with Crippen LogP contribution < -0.4 is 16.6 Å². The Labute approximate surface area is 112 Å². The summed E-state index contributed by atoms with van der Waals surface area (Å²) in [5.41, 5.74) is 2.32. The Kier molecular flexibility index (Phi) is 4.86. The van der Waals surface area contributed by atoms with Crippen LogP contribution in [-0.4, -0.2) is 40.5 Å². The third-order valence-electron chi connectivity index (χ3n) is 3.34. The van der Waals surface area contributed by atoms with E-state index in [1.165, 1.54) is 6.42 Å². The molecule has 7 heteroatoms. The van der Waals surface area contributed by atoms with Gasteiger partial charge in [0.25, 0.3) is 0 Å². The molecule has 1 fully saturated rings. The van der Waals surface area contributed by atoms with Crippen LogP contribution >= 0.6 is 0 Å². The van der Waals surface area contributed by atoms with Crippen molar-refractivity contribution in [2.24, 2.45) is 5.84 Å². The molecule has 1 aliphatic heterocycles. The Morgan fingerprint density at radius 2 is 2.21 bits per heavy atom. The van der Waals surface area contributed by atoms with Crippen molar-refractivity contribution in [2.45, 2.75) is 32.2 Å². The number of nitrogens with zero attached hydrogens (tertiary/aromatic N) is 3. The lowest BCUT2D eigenvalue weighted by Crippen LogP contribution is -2.39. The van der Waals surface area contributed by atoms with E-state index in [1.54, 1.807) is 0 Å². The van der Waals surface area contributed by atoms with Crippen LogP contribution in [0.25, 0.3) is 0 Å². The van der Waals surface area contributed by atoms with Crippen molar-refractivity contribution in [2.75, 3.05) is 30.4 Å². The summed E-state index contributed by atoms with van der Waals surface area (Å²) in [6, 6.07) is 0.253. The van der Waals surface area contributed by atoms with E-state index in [4.69, 9.17) is 5.84 Å². The van der Waals surface area contributed by atoms with E-state index in [1.807, 2.05) is 0 Å². The van der Waals surface area contributed by atoms with Crippen molar-refractivity contribution < 1.29 is 4.39 Å². The predicted molar refractivity (Wildman–Crippen MR) is 73.2 cm³/mol. The minimum atomic E-state index is -0.449. The Morgan fingerprint density at radius 1 is 1.47 bits per heavy atom. The van der Waals surface area contributed by atoms with E-state index in [0.717, 1.165) is 38.7 Å². The summed E-state index contributed by atoms with van der Waals surface area (Å²) in [5, 5.41) is 3.14. The number of hydrazine groups is 1. The summed E-state index contributed by atoms with van der Waals surface area (Å²) >= 11 is 0. The Morgan fingerprint density at radius 3 is 2.84 bits per heavy atom. The van der Waals surface area contributed by atoms with Crippen molar-refractivity contribution in [1.82, 2.24) is 14.9 Å². The number of anilines is 2. The first-order valence-electron chi connectivity index (χ1n) is 6.71. The molecule has 6 nitrogen and oxygen atoms in total. The molecule has 0 spiro atoms. The summed E-state index contributed by atoms with van der Waals surface area (Å²) in [6.45, 7) is 5.40. The van der Waals surface area contributed by atoms with E-state index in [-0.39, 0.29) is 17.8 Å². The van der Waals surface area contributed by atoms with E-state index in [2.05, 4.69) is 32.5 Å². The van der Waals surface area contributed by atoms with Crippen LogP contribution in [0.1, 0.15) is 26.2 Å². The molecule has 0 bridgehead atoms. The molecule has 1 aromatic heterocycles. The van der Waals surface area contributed by atoms with Crippen LogP contribution in [0.3, 0.4) is 0 Å². The molecule has 0 saturated carbocycles. The molecule has 0 radical (unpaired) electrons. The van der Waals surface area contributed by atoms with Gasteiger partial charge in [-0.05, 0) is 25.8 Å². The summed E-state index contributed by atoms with van der Waals surface area (Å²) in [7, 11) is 0. The second-order valence-electron chi connectivity index (χ2n) is 4.79. The maximum Gasteiger partial charge on any atom is 0.239 e. The van der Waals surface area contributed by atoms with Gasteiger partial charge in [0.15, 0.2) is 11.6 Å². The number of nitrogens with two attached hydrogens (primary N) is 1. The average molecular weight is 268 g/mol. The normalized spacial score (nSPS) is 17.4. The number of hydrogen-bond donors (Lipinski definition) is 3. The molecule has 0 unspecified atom stereocenters. The van der Waals surface area contributed by atoms with E-state index >= 15 is 0 Å². The van der Waals surface area contributed by atoms with Gasteiger partial charge >= 0.3 is 0 Å². The molecule has 106 valence electrons. The maximum atomic E-state index is 13.6. The van der Waals surface area contributed by atoms with Crippen LogP contribution in [0.15, 0.2) is 6.20 Å². The predicted octanol–water partition coefficient (Wildman–Crippen LogP) is 1.19. The van der Waals surface area contributed by atoms with Gasteiger partial charge in [0.1, 0.15) is 0 Å². The highest BCUT2D eigenvalue weighted by Gasteiger charge is 2.20. The topological polar surface area (TPSA) is 79.1 Å². The number of nitrogen functional groups attached to an aromatic ring is 1. The van der Waals surface area contributed by atoms with Crippen LogP contribution in [-0.2, 0) is 0 Å². The highest BCUT2D eigenvalue weighted by Crippen LogP contribution is 2.18. The summed E-state index contributed by atoms with van der Waals surface area (Å²) < 4.78 is 13.6. The number of likely N-dealkylation sites (tertiary alicyclic amines) is 1. The van der Waals surface area contributed by atoms with E-state index < -0.39 is 5.82 Å². The van der Waals surface area contributed by atoms with Crippen LogP contribution in [0, 0.1) is 5.82 Å². The highest BCUT2D eigenvalue weighted by atomic mass is 19.1. The van der Waals surface area contributed by atoms with E-state index in [9.17, 15) is 4.39 Å². The van der Waals surface area contributed by atoms with Crippen molar-refractivity contribution in [3.63, 3.8) is 0 Å². The van der Waals surface area contributed by atoms with Gasteiger partial charge in [0, 0.05) is 19.1 Å². The number of rotatable bonds is 5. The third-order valence-corrected chi connectivity index (χ3v) is 3.34. The van der Waals surface area contributed by atoms with Crippen molar-refractivity contribution in [3.05, 3.63) is 12.0 Å². The third kappa shape index (κ3) is 3.74. The molecule has 0 aliphatic carbocycles. The van der Waals surface area contributed by atoms with E-state index in [0.29, 0.717) is 0 Å². The molecule has 0 amide bonds. The SMILES string of the molecule is CCCN1CCC(Nc2nc(NN)ncc2F)CC1. The number of halogens is 1. The van der Waals surface area contributed by atoms with Gasteiger partial charge < -0.3 is 10.2 Å². The molecule has 0 aromatic carbocycles. The zero-order valence-corrected chi connectivity index (χ0v) is 11.2. The van der Waals surface area contributed by atoms with Crippen LogP contribution in [0.2, 0.25) is 0 Å². The molecule has 1 aliphatic rings. The van der Waals surface area contributed by atoms with Gasteiger partial charge in [-0.25, -0.2) is 15.2 Å². The van der Waals surface area contributed by atoms with Gasteiger partial charge in [-0.3, -0.25) is 5.43 Å². The summed E-state index contributed by atoms with van der Waals surface area (Å²) in [5.74, 6) is 5.21. The molecular weight excluding hydrogens is 247 g/mol. The van der Waals surface area contributed by atoms with Crippen LogP contribution in [0.5, 0.6) is 0 Å². The minimum absolute atomic E-state index is 0.215. The second kappa shape index (κ2) is 6.63. The fourth-order valence-corrected chi connectivity index (χ4v) is 2.35. The maximum absolute atomic E-state index is 13.6. The molecule has 0 atom stereocenters. The fraction of sp³-hybridized carbons (Fsp3) is 0.667. The van der Waals surface area contributed by atoms with Gasteiger partial charge in [0.05, 0.1) is 6.20 Å². The first kappa shape index (κ1) is 14.0. The van der Waals surface area contributed by atoms with Crippen LogP contribution in [0.4, 0.5) is 16.2 Å². The van der Waals surface area contributed by atoms with Gasteiger partial charge in [-0.2, -0.15) is 4.98 Å². The molecule has 19 heavy (non-hydrogen) atoms. The van der Waals surface area contributed by atoms with Crippen molar-refractivity contribution in [1.29, 1.82) is 0 Å². The minimum Gasteiger partial charge on any atom is -0.365 e. The lowest BCUT2D eigenvalue weighted by Gasteiger charge is -2.32. The smallest absolute Gasteiger partial charge is 0.239 e. The first-order chi connectivity index (χ1) is 9.22. The highest BCUT2D eigenvalue weighted by molar-refractivity contribution is 5.41. The summed E-state index contributed by atoms with van der Waals surface area (Å²) in [6.07, 6.45) is 4.28. The molecule has 4 N–H and O–H groups in total. The van der Waals surface area contributed by atoms with Gasteiger partial charge in [-0.1, -0.05) is 6.92 Å². The summed E-state index contributed by atoms with van der Waals surface area (Å²) in [4.78, 5) is 10.1. The number of piperidine rings is 1. The zero-order valence-electron chi connectivity index (χ0n) is 11.2. The van der Waals surface area contributed by atoms with Gasteiger partial charge in [0.2, 0.25) is 5.95 Å².